The molecule has 0 radical (unpaired) electrons. The Hall–Kier alpha value is -1.44. The first-order valence-electron chi connectivity index (χ1n) is 7.71. The van der Waals surface area contributed by atoms with Crippen molar-refractivity contribution in [3.8, 4) is 0 Å². The summed E-state index contributed by atoms with van der Waals surface area (Å²) in [6.07, 6.45) is 0. The number of carbonyl (C=O) groups is 1. The fourth-order valence-corrected chi connectivity index (χ4v) is 3.94. The van der Waals surface area contributed by atoms with Crippen molar-refractivity contribution in [2.75, 3.05) is 33.7 Å². The van der Waals surface area contributed by atoms with Gasteiger partial charge in [0.25, 0.3) is 5.91 Å². The van der Waals surface area contributed by atoms with Gasteiger partial charge in [-0.2, -0.15) is 0 Å². The zero-order chi connectivity index (χ0) is 17.4. The zero-order valence-corrected chi connectivity index (χ0v) is 15.2. The van der Waals surface area contributed by atoms with Gasteiger partial charge in [-0.15, -0.1) is 0 Å². The predicted molar refractivity (Wildman–Crippen MR) is 90.2 cm³/mol. The maximum Gasteiger partial charge on any atom is 0.254 e. The van der Waals surface area contributed by atoms with Crippen LogP contribution in [0.3, 0.4) is 0 Å². The summed E-state index contributed by atoms with van der Waals surface area (Å²) in [6, 6.07) is 3.38. The minimum atomic E-state index is -3.58. The van der Waals surface area contributed by atoms with Crippen LogP contribution in [0.5, 0.6) is 0 Å². The average molecular weight is 339 g/mol. The molecule has 1 aromatic rings. The highest BCUT2D eigenvalue weighted by Crippen LogP contribution is 2.24. The number of aryl methyl sites for hydroxylation is 1. The van der Waals surface area contributed by atoms with Gasteiger partial charge in [0.1, 0.15) is 0 Å². The highest BCUT2D eigenvalue weighted by molar-refractivity contribution is 7.89. The molecule has 0 unspecified atom stereocenters. The van der Waals surface area contributed by atoms with Crippen molar-refractivity contribution in [3.05, 3.63) is 28.8 Å². The van der Waals surface area contributed by atoms with E-state index in [2.05, 4.69) is 5.32 Å². The Kier molecular flexibility index (Phi) is 5.13. The highest BCUT2D eigenvalue weighted by atomic mass is 32.2. The first-order chi connectivity index (χ1) is 10.7. The van der Waals surface area contributed by atoms with Gasteiger partial charge in [0.05, 0.1) is 4.90 Å². The van der Waals surface area contributed by atoms with E-state index in [9.17, 15) is 13.2 Å². The molecule has 128 valence electrons. The van der Waals surface area contributed by atoms with Crippen molar-refractivity contribution in [1.82, 2.24) is 14.5 Å². The number of nitrogens with one attached hydrogen (secondary N) is 1. The summed E-state index contributed by atoms with van der Waals surface area (Å²) in [5.74, 6) is -0.114. The molecule has 7 heteroatoms. The fraction of sp³-hybridized carbons (Fsp3) is 0.562. The van der Waals surface area contributed by atoms with Crippen LogP contribution in [-0.4, -0.2) is 63.3 Å². The maximum atomic E-state index is 12.8. The van der Waals surface area contributed by atoms with E-state index in [1.807, 2.05) is 13.8 Å². The van der Waals surface area contributed by atoms with Gasteiger partial charge in [0, 0.05) is 45.3 Å². The third-order valence-corrected chi connectivity index (χ3v) is 6.33. The van der Waals surface area contributed by atoms with Gasteiger partial charge < -0.3 is 10.2 Å². The van der Waals surface area contributed by atoms with E-state index in [0.29, 0.717) is 17.7 Å². The van der Waals surface area contributed by atoms with Gasteiger partial charge in [-0.25, -0.2) is 12.7 Å². The number of sulfonamides is 1. The Morgan fingerprint density at radius 2 is 1.96 bits per heavy atom. The molecule has 0 bridgehead atoms. The molecule has 1 aliphatic rings. The SMILES string of the molecule is Cc1cc(C(=O)N2CCNC[C@@H]2C)cc(S(=O)(=O)N(C)C)c1C. The van der Waals surface area contributed by atoms with E-state index in [1.165, 1.54) is 24.5 Å². The Morgan fingerprint density at radius 1 is 1.30 bits per heavy atom. The first kappa shape index (κ1) is 17.9. The quantitative estimate of drug-likeness (QED) is 0.891. The molecule has 1 aliphatic heterocycles. The number of hydrogen-bond acceptors (Lipinski definition) is 4. The standard InChI is InChI=1S/C16H25N3O3S/c1-11-8-14(16(20)19-7-6-17-10-12(19)2)9-15(13(11)3)23(21,22)18(4)5/h8-9,12,17H,6-7,10H2,1-5H3/t12-/m0/s1. The number of benzene rings is 1. The molecule has 2 rings (SSSR count). The van der Waals surface area contributed by atoms with E-state index >= 15 is 0 Å². The second-order valence-corrected chi connectivity index (χ2v) is 8.38. The fourth-order valence-electron chi connectivity index (χ4n) is 2.72. The molecular formula is C16H25N3O3S. The van der Waals surface area contributed by atoms with Crippen LogP contribution in [0.4, 0.5) is 0 Å². The summed E-state index contributed by atoms with van der Waals surface area (Å²) in [6.45, 7) is 7.73. The molecule has 1 N–H and O–H groups in total. The van der Waals surface area contributed by atoms with Gasteiger partial charge in [-0.3, -0.25) is 4.79 Å². The average Bonchev–Trinajstić information content (AvgIpc) is 2.49. The second-order valence-electron chi connectivity index (χ2n) is 6.26. The third-order valence-electron chi connectivity index (χ3n) is 4.39. The second kappa shape index (κ2) is 6.59. The van der Waals surface area contributed by atoms with Crippen LogP contribution in [-0.2, 0) is 10.0 Å². The Morgan fingerprint density at radius 3 is 2.52 bits per heavy atom. The van der Waals surface area contributed by atoms with Crippen molar-refractivity contribution in [2.45, 2.75) is 31.7 Å². The van der Waals surface area contributed by atoms with Crippen LogP contribution in [0.15, 0.2) is 17.0 Å². The molecular weight excluding hydrogens is 314 g/mol. The number of amides is 1. The topological polar surface area (TPSA) is 69.7 Å². The Labute approximate surface area is 138 Å². The maximum absolute atomic E-state index is 12.8. The summed E-state index contributed by atoms with van der Waals surface area (Å²) < 4.78 is 26.2. The van der Waals surface area contributed by atoms with E-state index in [1.54, 1.807) is 17.9 Å². The number of hydrogen-bond donors (Lipinski definition) is 1. The first-order valence-corrected chi connectivity index (χ1v) is 9.15. The molecule has 1 fully saturated rings. The van der Waals surface area contributed by atoms with Crippen LogP contribution in [0, 0.1) is 13.8 Å². The predicted octanol–water partition coefficient (Wildman–Crippen LogP) is 0.988. The van der Waals surface area contributed by atoms with Gasteiger partial charge in [0.2, 0.25) is 10.0 Å². The molecule has 0 aliphatic carbocycles. The van der Waals surface area contributed by atoms with E-state index in [4.69, 9.17) is 0 Å². The summed E-state index contributed by atoms with van der Waals surface area (Å²) in [5, 5.41) is 3.25. The lowest BCUT2D eigenvalue weighted by atomic mass is 10.0. The molecule has 1 saturated heterocycles. The van der Waals surface area contributed by atoms with Gasteiger partial charge in [-0.1, -0.05) is 0 Å². The van der Waals surface area contributed by atoms with Crippen LogP contribution < -0.4 is 5.32 Å². The van der Waals surface area contributed by atoms with E-state index < -0.39 is 10.0 Å². The molecule has 0 spiro atoms. The van der Waals surface area contributed by atoms with Crippen molar-refractivity contribution in [1.29, 1.82) is 0 Å². The van der Waals surface area contributed by atoms with Crippen molar-refractivity contribution in [2.24, 2.45) is 0 Å². The number of nitrogens with zero attached hydrogens (tertiary/aromatic N) is 2. The summed E-state index contributed by atoms with van der Waals surface area (Å²) in [7, 11) is -0.586. The van der Waals surface area contributed by atoms with Gasteiger partial charge in [0.15, 0.2) is 0 Å². The van der Waals surface area contributed by atoms with Gasteiger partial charge >= 0.3 is 0 Å². The zero-order valence-electron chi connectivity index (χ0n) is 14.4. The minimum absolute atomic E-state index is 0.0896. The van der Waals surface area contributed by atoms with E-state index in [-0.39, 0.29) is 16.8 Å². The number of carbonyl (C=O) groups excluding carboxylic acids is 1. The van der Waals surface area contributed by atoms with Gasteiger partial charge in [-0.05, 0) is 44.0 Å². The molecule has 1 heterocycles. The molecule has 1 aromatic carbocycles. The Bertz CT molecular complexity index is 714. The molecule has 1 amide bonds. The normalized spacial score (nSPS) is 19.2. The lowest BCUT2D eigenvalue weighted by molar-refractivity contribution is 0.0655. The summed E-state index contributed by atoms with van der Waals surface area (Å²) in [4.78, 5) is 14.8. The van der Waals surface area contributed by atoms with Crippen molar-refractivity contribution < 1.29 is 13.2 Å². The minimum Gasteiger partial charge on any atom is -0.333 e. The summed E-state index contributed by atoms with van der Waals surface area (Å²) in [5.41, 5.74) is 1.92. The lowest BCUT2D eigenvalue weighted by Gasteiger charge is -2.34. The highest BCUT2D eigenvalue weighted by Gasteiger charge is 2.27. The monoisotopic (exact) mass is 339 g/mol. The number of rotatable bonds is 3. The molecule has 23 heavy (non-hydrogen) atoms. The van der Waals surface area contributed by atoms with Crippen LogP contribution >= 0.6 is 0 Å². The molecule has 6 nitrogen and oxygen atoms in total. The number of piperazine rings is 1. The van der Waals surface area contributed by atoms with Crippen molar-refractivity contribution in [3.63, 3.8) is 0 Å². The van der Waals surface area contributed by atoms with Crippen LogP contribution in [0.1, 0.15) is 28.4 Å². The van der Waals surface area contributed by atoms with Crippen LogP contribution in [0.2, 0.25) is 0 Å². The van der Waals surface area contributed by atoms with Crippen LogP contribution in [0.25, 0.3) is 0 Å². The molecule has 0 saturated carbocycles. The molecule has 0 aromatic heterocycles. The summed E-state index contributed by atoms with van der Waals surface area (Å²) >= 11 is 0. The largest absolute Gasteiger partial charge is 0.333 e. The van der Waals surface area contributed by atoms with Crippen molar-refractivity contribution >= 4 is 15.9 Å². The third kappa shape index (κ3) is 3.41. The smallest absolute Gasteiger partial charge is 0.254 e. The molecule has 1 atom stereocenters. The van der Waals surface area contributed by atoms with E-state index in [0.717, 1.165) is 18.7 Å². The Balaban J connectivity index is 2.49. The lowest BCUT2D eigenvalue weighted by Crippen LogP contribution is -2.52.